The van der Waals surface area contributed by atoms with Gasteiger partial charge in [-0.05, 0) is 57.9 Å². The van der Waals surface area contributed by atoms with Gasteiger partial charge >= 0.3 is 12.1 Å². The van der Waals surface area contributed by atoms with Crippen LogP contribution in [0.3, 0.4) is 0 Å². The van der Waals surface area contributed by atoms with Gasteiger partial charge in [-0.25, -0.2) is 23.9 Å². The molecular weight excluding hydrogens is 715 g/mol. The van der Waals surface area contributed by atoms with Crippen LogP contribution in [0.15, 0.2) is 73.2 Å². The largest absolute Gasteiger partial charge is 0.444 e. The van der Waals surface area contributed by atoms with Gasteiger partial charge in [0.25, 0.3) is 5.91 Å². The summed E-state index contributed by atoms with van der Waals surface area (Å²) >= 11 is 0. The zero-order chi connectivity index (χ0) is 39.4. The predicted molar refractivity (Wildman–Crippen MR) is 198 cm³/mol. The van der Waals surface area contributed by atoms with Crippen molar-refractivity contribution in [2.24, 2.45) is 0 Å². The van der Waals surface area contributed by atoms with Gasteiger partial charge in [0.15, 0.2) is 11.5 Å². The Balaban J connectivity index is 1.10. The molecule has 292 valence electrons. The summed E-state index contributed by atoms with van der Waals surface area (Å²) in [5, 5.41) is 9.75. The van der Waals surface area contributed by atoms with E-state index in [0.717, 1.165) is 0 Å². The quantitative estimate of drug-likeness (QED) is 0.115. The monoisotopic (exact) mass is 760 g/mol. The lowest BCUT2D eigenvalue weighted by atomic mass is 10.1. The third kappa shape index (κ3) is 12.0. The summed E-state index contributed by atoms with van der Waals surface area (Å²) in [6.45, 7) is 7.41. The van der Waals surface area contributed by atoms with Crippen LogP contribution in [-0.2, 0) is 28.5 Å². The van der Waals surface area contributed by atoms with Crippen molar-refractivity contribution in [1.29, 1.82) is 0 Å². The number of aromatic nitrogens is 4. The molecule has 1 aliphatic rings. The number of nitrogen functional groups attached to an aromatic ring is 1. The summed E-state index contributed by atoms with van der Waals surface area (Å²) in [4.78, 5) is 61.4. The van der Waals surface area contributed by atoms with Crippen molar-refractivity contribution < 1.29 is 42.5 Å². The molecule has 1 fully saturated rings. The van der Waals surface area contributed by atoms with E-state index in [0.29, 0.717) is 55.0 Å². The summed E-state index contributed by atoms with van der Waals surface area (Å²) in [7, 11) is 0. The van der Waals surface area contributed by atoms with Gasteiger partial charge in [-0.1, -0.05) is 30.3 Å². The number of nitrogens with one attached hydrogen (secondary N) is 2. The Labute approximate surface area is 317 Å². The van der Waals surface area contributed by atoms with Crippen LogP contribution in [0.1, 0.15) is 61.8 Å². The van der Waals surface area contributed by atoms with E-state index in [1.807, 2.05) is 0 Å². The molecule has 3 heterocycles. The van der Waals surface area contributed by atoms with Crippen molar-refractivity contribution in [2.75, 3.05) is 57.1 Å². The van der Waals surface area contributed by atoms with Crippen molar-refractivity contribution in [2.45, 2.75) is 51.4 Å². The van der Waals surface area contributed by atoms with Crippen LogP contribution in [0.4, 0.5) is 20.7 Å². The Morgan fingerprint density at radius 3 is 2.38 bits per heavy atom. The fraction of sp³-hybridized carbons (Fsp3) is 0.395. The number of benzene rings is 2. The van der Waals surface area contributed by atoms with Crippen LogP contribution >= 0.6 is 0 Å². The van der Waals surface area contributed by atoms with Gasteiger partial charge in [0, 0.05) is 42.6 Å². The van der Waals surface area contributed by atoms with E-state index in [9.17, 15) is 23.6 Å². The average Bonchev–Trinajstić information content (AvgIpc) is 3.66. The van der Waals surface area contributed by atoms with Gasteiger partial charge in [0.05, 0.1) is 44.0 Å². The Kier molecular flexibility index (Phi) is 13.8. The molecule has 55 heavy (non-hydrogen) atoms. The molecule has 0 saturated carbocycles. The standard InChI is InChI=1S/C38H45FN8O8/c1-38(2,3)55-37(51)41-15-18-52-19-20-53-24-31(48)46-16-13-29(14-17-46)47-23-26(21-43-47)30-22-42-34(40)32(45-30)36(50)54-33(25-7-5-4-6-8-25)35(49)44-28-11-9-27(39)10-12-28/h4-12,21-23,29,33H,13-20,24H2,1-3H3,(H2,40,42)(H,41,51)(H,44,49)/t33-/m1/s1. The average molecular weight is 761 g/mol. The number of nitrogens with zero attached hydrogens (tertiary/aromatic N) is 5. The lowest BCUT2D eigenvalue weighted by Crippen LogP contribution is -2.41. The molecule has 17 heteroatoms. The van der Waals surface area contributed by atoms with Crippen LogP contribution in [0.25, 0.3) is 11.3 Å². The number of nitrogens with two attached hydrogens (primary N) is 1. The molecule has 1 atom stereocenters. The van der Waals surface area contributed by atoms with Gasteiger partial charge in [0.1, 0.15) is 18.0 Å². The number of alkyl carbamates (subject to hydrolysis) is 1. The highest BCUT2D eigenvalue weighted by Gasteiger charge is 2.29. The van der Waals surface area contributed by atoms with Crippen LogP contribution < -0.4 is 16.4 Å². The van der Waals surface area contributed by atoms with Crippen molar-refractivity contribution in [3.63, 3.8) is 0 Å². The number of carbonyl (C=O) groups is 4. The summed E-state index contributed by atoms with van der Waals surface area (Å²) in [6, 6.07) is 13.6. The number of likely N-dealkylation sites (tertiary alicyclic amines) is 1. The number of ether oxygens (including phenoxy) is 4. The third-order valence-electron chi connectivity index (χ3n) is 8.27. The molecule has 4 N–H and O–H groups in total. The fourth-order valence-electron chi connectivity index (χ4n) is 5.55. The smallest absolute Gasteiger partial charge is 0.407 e. The number of hydrogen-bond acceptors (Lipinski definition) is 12. The minimum absolute atomic E-state index is 0.0128. The molecule has 0 spiro atoms. The molecule has 2 aromatic carbocycles. The Bertz CT molecular complexity index is 1910. The van der Waals surface area contributed by atoms with E-state index in [-0.39, 0.29) is 49.9 Å². The molecule has 0 aliphatic carbocycles. The van der Waals surface area contributed by atoms with E-state index in [1.165, 1.54) is 30.5 Å². The van der Waals surface area contributed by atoms with Crippen LogP contribution in [0.2, 0.25) is 0 Å². The van der Waals surface area contributed by atoms with Crippen molar-refractivity contribution in [3.8, 4) is 11.3 Å². The number of amides is 3. The second kappa shape index (κ2) is 18.9. The molecule has 2 aromatic heterocycles. The highest BCUT2D eigenvalue weighted by Crippen LogP contribution is 2.27. The van der Waals surface area contributed by atoms with E-state index >= 15 is 0 Å². The summed E-state index contributed by atoms with van der Waals surface area (Å²) in [5.74, 6) is -2.41. The van der Waals surface area contributed by atoms with Crippen LogP contribution in [0.5, 0.6) is 0 Å². The van der Waals surface area contributed by atoms with Gasteiger partial charge in [0.2, 0.25) is 12.0 Å². The normalized spacial score (nSPS) is 13.9. The number of hydrogen-bond donors (Lipinski definition) is 3. The summed E-state index contributed by atoms with van der Waals surface area (Å²) < 4.78 is 36.9. The minimum atomic E-state index is -1.38. The number of anilines is 2. The first-order chi connectivity index (χ1) is 26.4. The van der Waals surface area contributed by atoms with Crippen molar-refractivity contribution >= 4 is 35.4 Å². The number of esters is 1. The van der Waals surface area contributed by atoms with Gasteiger partial charge in [-0.15, -0.1) is 0 Å². The molecule has 1 aliphatic heterocycles. The van der Waals surface area contributed by atoms with Crippen LogP contribution in [-0.4, -0.2) is 100 Å². The lowest BCUT2D eigenvalue weighted by Gasteiger charge is -2.32. The third-order valence-corrected chi connectivity index (χ3v) is 8.27. The highest BCUT2D eigenvalue weighted by molar-refractivity contribution is 5.99. The maximum atomic E-state index is 13.4. The topological polar surface area (TPSA) is 202 Å². The second-order valence-electron chi connectivity index (χ2n) is 13.6. The zero-order valence-electron chi connectivity index (χ0n) is 30.9. The molecular formula is C38H45FN8O8. The lowest BCUT2D eigenvalue weighted by molar-refractivity contribution is -0.138. The molecule has 0 bridgehead atoms. The zero-order valence-corrected chi connectivity index (χ0v) is 30.9. The first-order valence-electron chi connectivity index (χ1n) is 17.8. The SMILES string of the molecule is CC(C)(C)OC(=O)NCCOCCOCC(=O)N1CCC(n2cc(-c3cnc(N)c(C(=O)O[C@@H](C(=O)Nc4ccc(F)cc4)c4ccccc4)n3)cn2)CC1. The number of piperidine rings is 1. The first kappa shape index (κ1) is 40.2. The number of rotatable bonds is 15. The predicted octanol–water partition coefficient (Wildman–Crippen LogP) is 4.32. The second-order valence-corrected chi connectivity index (χ2v) is 13.6. The Hall–Kier alpha value is -5.94. The van der Waals surface area contributed by atoms with Gasteiger partial charge < -0.3 is 40.2 Å². The van der Waals surface area contributed by atoms with E-state index in [2.05, 4.69) is 25.7 Å². The summed E-state index contributed by atoms with van der Waals surface area (Å²) in [5.41, 5.74) is 6.79. The fourth-order valence-corrected chi connectivity index (χ4v) is 5.55. The Morgan fingerprint density at radius 1 is 0.964 bits per heavy atom. The molecule has 5 rings (SSSR count). The van der Waals surface area contributed by atoms with Crippen molar-refractivity contribution in [1.82, 2.24) is 30.0 Å². The maximum absolute atomic E-state index is 13.4. The number of halogens is 1. The van der Waals surface area contributed by atoms with E-state index < -0.39 is 35.5 Å². The Morgan fingerprint density at radius 2 is 1.67 bits per heavy atom. The maximum Gasteiger partial charge on any atom is 0.407 e. The molecule has 3 amide bonds. The number of carbonyl (C=O) groups excluding carboxylic acids is 4. The van der Waals surface area contributed by atoms with Crippen molar-refractivity contribution in [3.05, 3.63) is 90.3 Å². The van der Waals surface area contributed by atoms with E-state index in [4.69, 9.17) is 24.7 Å². The molecule has 0 radical (unpaired) electrons. The molecule has 1 saturated heterocycles. The van der Waals surface area contributed by atoms with Gasteiger partial charge in [-0.3, -0.25) is 14.3 Å². The molecule has 0 unspecified atom stereocenters. The summed E-state index contributed by atoms with van der Waals surface area (Å²) in [6.07, 6.45) is 4.22. The molecule has 16 nitrogen and oxygen atoms in total. The van der Waals surface area contributed by atoms with Crippen LogP contribution in [0, 0.1) is 5.82 Å². The minimum Gasteiger partial charge on any atom is -0.444 e. The highest BCUT2D eigenvalue weighted by atomic mass is 19.1. The van der Waals surface area contributed by atoms with E-state index in [1.54, 1.807) is 73.1 Å². The molecule has 4 aromatic rings. The first-order valence-corrected chi connectivity index (χ1v) is 17.8. The van der Waals surface area contributed by atoms with Gasteiger partial charge in [-0.2, -0.15) is 5.10 Å².